The first-order valence-electron chi connectivity index (χ1n) is 11.9. The van der Waals surface area contributed by atoms with Crippen LogP contribution in [0.5, 0.6) is 0 Å². The Balaban J connectivity index is 3.85. The number of hydrogen-bond acceptors (Lipinski definition) is 2. The first kappa shape index (κ1) is 25.5. The number of carbonyl (C=O) groups excluding carboxylic acids is 1. The molecule has 1 atom stereocenters. The summed E-state index contributed by atoms with van der Waals surface area (Å²) in [6.07, 6.45) is 22.4. The molecule has 0 fully saturated rings. The van der Waals surface area contributed by atoms with Crippen LogP contribution in [0.2, 0.25) is 0 Å². The van der Waals surface area contributed by atoms with Gasteiger partial charge in [0.1, 0.15) is 0 Å². The number of carbonyl (C=O) groups is 1. The topological polar surface area (TPSA) is 26.3 Å². The maximum absolute atomic E-state index is 12.0. The van der Waals surface area contributed by atoms with E-state index in [2.05, 4.69) is 20.8 Å². The first-order valence-corrected chi connectivity index (χ1v) is 11.9. The minimum atomic E-state index is 0.0292. The van der Waals surface area contributed by atoms with Crippen molar-refractivity contribution in [2.75, 3.05) is 6.61 Å². The third-order valence-corrected chi connectivity index (χ3v) is 5.40. The van der Waals surface area contributed by atoms with Crippen LogP contribution in [0, 0.1) is 5.92 Å². The van der Waals surface area contributed by atoms with Gasteiger partial charge in [-0.25, -0.2) is 0 Å². The zero-order valence-electron chi connectivity index (χ0n) is 18.3. The van der Waals surface area contributed by atoms with Crippen LogP contribution in [-0.2, 0) is 9.53 Å². The maximum atomic E-state index is 12.0. The lowest BCUT2D eigenvalue weighted by molar-refractivity contribution is -0.145. The molecular formula is C24H48O2. The van der Waals surface area contributed by atoms with Crippen LogP contribution in [-0.4, -0.2) is 12.6 Å². The Morgan fingerprint density at radius 3 is 1.62 bits per heavy atom. The molecule has 26 heavy (non-hydrogen) atoms. The molecule has 2 heteroatoms. The Morgan fingerprint density at radius 1 is 0.615 bits per heavy atom. The average molecular weight is 369 g/mol. The van der Waals surface area contributed by atoms with Gasteiger partial charge in [-0.1, -0.05) is 111 Å². The van der Waals surface area contributed by atoms with Crippen molar-refractivity contribution in [3.8, 4) is 0 Å². The third kappa shape index (κ3) is 18.3. The van der Waals surface area contributed by atoms with Gasteiger partial charge in [-0.05, 0) is 25.2 Å². The van der Waals surface area contributed by atoms with E-state index in [0.717, 1.165) is 6.42 Å². The summed E-state index contributed by atoms with van der Waals surface area (Å²) in [5.74, 6) is 0.614. The van der Waals surface area contributed by atoms with Gasteiger partial charge in [0.05, 0.1) is 6.61 Å². The normalized spacial score (nSPS) is 12.3. The van der Waals surface area contributed by atoms with E-state index in [0.29, 0.717) is 18.9 Å². The summed E-state index contributed by atoms with van der Waals surface area (Å²) in [5.41, 5.74) is 0. The molecule has 0 aliphatic heterocycles. The lowest BCUT2D eigenvalue weighted by Gasteiger charge is -2.17. The fraction of sp³-hybridized carbons (Fsp3) is 0.958. The summed E-state index contributed by atoms with van der Waals surface area (Å²) in [6, 6.07) is 0. The number of hydrogen-bond donors (Lipinski definition) is 0. The van der Waals surface area contributed by atoms with E-state index in [1.807, 2.05) is 0 Å². The molecule has 0 aromatic rings. The molecule has 0 bridgehead atoms. The van der Waals surface area contributed by atoms with Gasteiger partial charge >= 0.3 is 5.97 Å². The fourth-order valence-corrected chi connectivity index (χ4v) is 3.54. The smallest absolute Gasteiger partial charge is 0.305 e. The summed E-state index contributed by atoms with van der Waals surface area (Å²) in [5, 5.41) is 0. The van der Waals surface area contributed by atoms with Crippen molar-refractivity contribution in [3.63, 3.8) is 0 Å². The second-order valence-electron chi connectivity index (χ2n) is 8.12. The average Bonchev–Trinajstić information content (AvgIpc) is 2.64. The van der Waals surface area contributed by atoms with Crippen LogP contribution < -0.4 is 0 Å². The van der Waals surface area contributed by atoms with E-state index < -0.39 is 0 Å². The van der Waals surface area contributed by atoms with E-state index in [1.54, 1.807) is 0 Å². The monoisotopic (exact) mass is 368 g/mol. The molecular weight excluding hydrogens is 320 g/mol. The van der Waals surface area contributed by atoms with Crippen molar-refractivity contribution in [1.29, 1.82) is 0 Å². The van der Waals surface area contributed by atoms with Crippen LogP contribution in [0.4, 0.5) is 0 Å². The van der Waals surface area contributed by atoms with Gasteiger partial charge in [0, 0.05) is 6.42 Å². The molecule has 0 spiro atoms. The largest absolute Gasteiger partial charge is 0.465 e. The summed E-state index contributed by atoms with van der Waals surface area (Å²) in [4.78, 5) is 12.0. The molecule has 0 aliphatic carbocycles. The van der Waals surface area contributed by atoms with Crippen molar-refractivity contribution >= 4 is 5.97 Å². The first-order chi connectivity index (χ1) is 12.7. The van der Waals surface area contributed by atoms with Gasteiger partial charge in [0.25, 0.3) is 0 Å². The predicted octanol–water partition coefficient (Wildman–Crippen LogP) is 8.23. The van der Waals surface area contributed by atoms with E-state index in [4.69, 9.17) is 4.74 Å². The molecule has 1 unspecified atom stereocenters. The lowest BCUT2D eigenvalue weighted by atomic mass is 9.95. The van der Waals surface area contributed by atoms with Crippen molar-refractivity contribution in [3.05, 3.63) is 0 Å². The van der Waals surface area contributed by atoms with Gasteiger partial charge < -0.3 is 4.74 Å². The zero-order chi connectivity index (χ0) is 19.3. The van der Waals surface area contributed by atoms with E-state index >= 15 is 0 Å². The van der Waals surface area contributed by atoms with E-state index in [9.17, 15) is 4.79 Å². The molecule has 0 aromatic carbocycles. The number of esters is 1. The Labute approximate surface area is 164 Å². The highest BCUT2D eigenvalue weighted by Gasteiger charge is 2.12. The van der Waals surface area contributed by atoms with Gasteiger partial charge in [-0.2, -0.15) is 0 Å². The van der Waals surface area contributed by atoms with Crippen LogP contribution >= 0.6 is 0 Å². The molecule has 0 aromatic heterocycles. The van der Waals surface area contributed by atoms with Gasteiger partial charge in [-0.15, -0.1) is 0 Å². The number of rotatable bonds is 20. The molecule has 2 nitrogen and oxygen atoms in total. The minimum absolute atomic E-state index is 0.0292. The summed E-state index contributed by atoms with van der Waals surface area (Å²) >= 11 is 0. The van der Waals surface area contributed by atoms with Crippen molar-refractivity contribution in [1.82, 2.24) is 0 Å². The molecule has 0 aliphatic rings. The van der Waals surface area contributed by atoms with Crippen LogP contribution in [0.25, 0.3) is 0 Å². The van der Waals surface area contributed by atoms with Crippen LogP contribution in [0.15, 0.2) is 0 Å². The minimum Gasteiger partial charge on any atom is -0.465 e. The Bertz CT molecular complexity index is 288. The fourth-order valence-electron chi connectivity index (χ4n) is 3.54. The molecule has 156 valence electrons. The summed E-state index contributed by atoms with van der Waals surface area (Å²) < 4.78 is 5.61. The van der Waals surface area contributed by atoms with Crippen molar-refractivity contribution in [2.24, 2.45) is 5.92 Å². The standard InChI is InChI=1S/C24H48O2/c1-4-7-10-12-13-15-17-20-23(19-16-9-6-3)22-26-24(25)21-18-14-11-8-5-2/h23H,4-22H2,1-3H3. The molecule has 0 rings (SSSR count). The lowest BCUT2D eigenvalue weighted by Crippen LogP contribution is -2.14. The van der Waals surface area contributed by atoms with Crippen LogP contribution in [0.3, 0.4) is 0 Å². The quantitative estimate of drug-likeness (QED) is 0.160. The summed E-state index contributed by atoms with van der Waals surface area (Å²) in [6.45, 7) is 7.41. The second-order valence-corrected chi connectivity index (χ2v) is 8.12. The highest BCUT2D eigenvalue weighted by molar-refractivity contribution is 5.69. The summed E-state index contributed by atoms with van der Waals surface area (Å²) in [7, 11) is 0. The molecule has 0 heterocycles. The molecule has 0 radical (unpaired) electrons. The SMILES string of the molecule is CCCCCCCCCC(CCCCC)COC(=O)CCCCCCC. The number of unbranched alkanes of at least 4 members (excludes halogenated alkanes) is 12. The molecule has 0 saturated carbocycles. The van der Waals surface area contributed by atoms with E-state index in [-0.39, 0.29) is 5.97 Å². The highest BCUT2D eigenvalue weighted by Crippen LogP contribution is 2.19. The molecule has 0 saturated heterocycles. The van der Waals surface area contributed by atoms with Gasteiger partial charge in [0.15, 0.2) is 0 Å². The molecule has 0 N–H and O–H groups in total. The zero-order valence-corrected chi connectivity index (χ0v) is 18.3. The Hall–Kier alpha value is -0.530. The van der Waals surface area contributed by atoms with Crippen molar-refractivity contribution in [2.45, 2.75) is 136 Å². The highest BCUT2D eigenvalue weighted by atomic mass is 16.5. The maximum Gasteiger partial charge on any atom is 0.305 e. The predicted molar refractivity (Wildman–Crippen MR) is 115 cm³/mol. The molecule has 0 amide bonds. The van der Waals surface area contributed by atoms with Crippen molar-refractivity contribution < 1.29 is 9.53 Å². The van der Waals surface area contributed by atoms with Gasteiger partial charge in [-0.3, -0.25) is 4.79 Å². The van der Waals surface area contributed by atoms with Crippen LogP contribution in [0.1, 0.15) is 136 Å². The third-order valence-electron chi connectivity index (χ3n) is 5.40. The Morgan fingerprint density at radius 2 is 1.04 bits per heavy atom. The number of ether oxygens (including phenoxy) is 1. The van der Waals surface area contributed by atoms with Gasteiger partial charge in [0.2, 0.25) is 0 Å². The Kier molecular flexibility index (Phi) is 20.4. The van der Waals surface area contributed by atoms with E-state index in [1.165, 1.54) is 103 Å². The second kappa shape index (κ2) is 20.8.